The van der Waals surface area contributed by atoms with Gasteiger partial charge in [-0.2, -0.15) is 0 Å². The van der Waals surface area contributed by atoms with Crippen molar-refractivity contribution in [3.63, 3.8) is 0 Å². The first-order valence-electron chi connectivity index (χ1n) is 6.06. The number of aliphatic carboxylic acids is 1. The molecule has 1 saturated carbocycles. The quantitative estimate of drug-likeness (QED) is 0.852. The molecule has 2 rings (SSSR count). The third-order valence-electron chi connectivity index (χ3n) is 3.51. The molecule has 5 nitrogen and oxygen atoms in total. The third kappa shape index (κ3) is 2.26. The molecule has 0 aliphatic heterocycles. The van der Waals surface area contributed by atoms with Crippen molar-refractivity contribution in [1.29, 1.82) is 0 Å². The Kier molecular flexibility index (Phi) is 3.66. The molecule has 1 aromatic carbocycles. The summed E-state index contributed by atoms with van der Waals surface area (Å²) in [7, 11) is 4.67. The number of ether oxygens (including phenoxy) is 3. The lowest BCUT2D eigenvalue weighted by Crippen LogP contribution is -2.21. The average molecular weight is 266 g/mol. The maximum absolute atomic E-state index is 11.5. The van der Waals surface area contributed by atoms with Crippen LogP contribution in [0.1, 0.15) is 24.0 Å². The molecule has 1 aliphatic rings. The fourth-order valence-electron chi connectivity index (χ4n) is 2.38. The summed E-state index contributed by atoms with van der Waals surface area (Å²) >= 11 is 0. The van der Waals surface area contributed by atoms with Gasteiger partial charge in [0.25, 0.3) is 0 Å². The van der Waals surface area contributed by atoms with E-state index in [4.69, 9.17) is 14.2 Å². The van der Waals surface area contributed by atoms with Crippen molar-refractivity contribution in [3.05, 3.63) is 23.3 Å². The van der Waals surface area contributed by atoms with Gasteiger partial charge in [-0.25, -0.2) is 0 Å². The van der Waals surface area contributed by atoms with Gasteiger partial charge >= 0.3 is 5.97 Å². The van der Waals surface area contributed by atoms with E-state index in [0.29, 0.717) is 36.5 Å². The Morgan fingerprint density at radius 1 is 1.21 bits per heavy atom. The molecular formula is C14H18O5. The van der Waals surface area contributed by atoms with Crippen LogP contribution < -0.4 is 9.47 Å². The van der Waals surface area contributed by atoms with Gasteiger partial charge < -0.3 is 19.3 Å². The minimum absolute atomic E-state index is 0.424. The second-order valence-electron chi connectivity index (χ2n) is 4.70. The number of carbonyl (C=O) groups is 1. The first-order valence-corrected chi connectivity index (χ1v) is 6.06. The molecule has 1 aromatic rings. The van der Waals surface area contributed by atoms with Crippen molar-refractivity contribution in [3.8, 4) is 11.5 Å². The van der Waals surface area contributed by atoms with Crippen LogP contribution in [-0.4, -0.2) is 32.4 Å². The number of benzene rings is 1. The van der Waals surface area contributed by atoms with Crippen LogP contribution in [0.2, 0.25) is 0 Å². The first kappa shape index (κ1) is 13.7. The van der Waals surface area contributed by atoms with Crippen molar-refractivity contribution in [2.75, 3.05) is 21.3 Å². The molecule has 1 fully saturated rings. The highest BCUT2D eigenvalue weighted by Gasteiger charge is 2.55. The van der Waals surface area contributed by atoms with E-state index >= 15 is 0 Å². The van der Waals surface area contributed by atoms with Crippen molar-refractivity contribution in [2.45, 2.75) is 24.9 Å². The van der Waals surface area contributed by atoms with Gasteiger partial charge in [-0.3, -0.25) is 4.79 Å². The maximum Gasteiger partial charge on any atom is 0.314 e. The molecule has 5 heteroatoms. The Hall–Kier alpha value is -1.75. The summed E-state index contributed by atoms with van der Waals surface area (Å²) in [4.78, 5) is 11.5. The molecule has 19 heavy (non-hydrogen) atoms. The molecule has 1 aliphatic carbocycles. The van der Waals surface area contributed by atoms with Crippen molar-refractivity contribution < 1.29 is 24.1 Å². The van der Waals surface area contributed by atoms with E-state index in [9.17, 15) is 9.90 Å². The van der Waals surface area contributed by atoms with Gasteiger partial charge in [-0.1, -0.05) is 0 Å². The van der Waals surface area contributed by atoms with Crippen molar-refractivity contribution >= 4 is 5.97 Å². The van der Waals surface area contributed by atoms with Crippen LogP contribution in [0.25, 0.3) is 0 Å². The molecule has 0 unspecified atom stereocenters. The summed E-state index contributed by atoms with van der Waals surface area (Å²) in [5.41, 5.74) is 0.661. The number of rotatable bonds is 6. The zero-order chi connectivity index (χ0) is 14.0. The Balaban J connectivity index is 2.56. The van der Waals surface area contributed by atoms with Crippen LogP contribution in [0.5, 0.6) is 11.5 Å². The number of carboxylic acids is 1. The number of hydrogen-bond acceptors (Lipinski definition) is 4. The summed E-state index contributed by atoms with van der Waals surface area (Å²) in [5.74, 6) is 0.265. The average Bonchev–Trinajstić information content (AvgIpc) is 3.19. The number of carboxylic acid groups (broad SMARTS) is 1. The van der Waals surface area contributed by atoms with E-state index in [0.717, 1.165) is 5.56 Å². The summed E-state index contributed by atoms with van der Waals surface area (Å²) in [5, 5.41) is 9.43. The van der Waals surface area contributed by atoms with Gasteiger partial charge in [0, 0.05) is 7.11 Å². The Morgan fingerprint density at radius 3 is 2.05 bits per heavy atom. The van der Waals surface area contributed by atoms with Crippen molar-refractivity contribution in [2.24, 2.45) is 0 Å². The fraction of sp³-hybridized carbons (Fsp3) is 0.500. The van der Waals surface area contributed by atoms with E-state index in [1.807, 2.05) is 12.1 Å². The summed E-state index contributed by atoms with van der Waals surface area (Å²) in [6, 6.07) is 3.62. The minimum Gasteiger partial charge on any atom is -0.496 e. The van der Waals surface area contributed by atoms with Gasteiger partial charge in [0.2, 0.25) is 0 Å². The van der Waals surface area contributed by atoms with E-state index in [-0.39, 0.29) is 0 Å². The zero-order valence-corrected chi connectivity index (χ0v) is 11.4. The molecule has 0 amide bonds. The Labute approximate surface area is 112 Å². The lowest BCUT2D eigenvalue weighted by atomic mass is 9.92. The molecule has 0 bridgehead atoms. The molecule has 0 aromatic heterocycles. The van der Waals surface area contributed by atoms with Crippen molar-refractivity contribution in [1.82, 2.24) is 0 Å². The van der Waals surface area contributed by atoms with Gasteiger partial charge in [0.15, 0.2) is 0 Å². The monoisotopic (exact) mass is 266 g/mol. The fourth-order valence-corrected chi connectivity index (χ4v) is 2.38. The number of methoxy groups -OCH3 is 3. The standard InChI is InChI=1S/C14H18O5/c1-17-8-9-6-10(18-2)12(11(7-9)19-3)14(4-5-14)13(15)16/h6-7H,4-5,8H2,1-3H3,(H,15,16). The smallest absolute Gasteiger partial charge is 0.314 e. The molecule has 0 atom stereocenters. The summed E-state index contributed by atoms with van der Waals surface area (Å²) in [6.07, 6.45) is 1.22. The predicted octanol–water partition coefficient (Wildman–Crippen LogP) is 1.97. The maximum atomic E-state index is 11.5. The highest BCUT2D eigenvalue weighted by atomic mass is 16.5. The molecule has 0 saturated heterocycles. The highest BCUT2D eigenvalue weighted by Crippen LogP contribution is 2.55. The van der Waals surface area contributed by atoms with Crippen LogP contribution in [-0.2, 0) is 21.6 Å². The Bertz CT molecular complexity index is 466. The Morgan fingerprint density at radius 2 is 1.74 bits per heavy atom. The molecule has 0 spiro atoms. The van der Waals surface area contributed by atoms with Crippen LogP contribution in [0.4, 0.5) is 0 Å². The predicted molar refractivity (Wildman–Crippen MR) is 68.8 cm³/mol. The van der Waals surface area contributed by atoms with Gasteiger partial charge in [0.05, 0.1) is 26.4 Å². The number of hydrogen-bond donors (Lipinski definition) is 1. The third-order valence-corrected chi connectivity index (χ3v) is 3.51. The SMILES string of the molecule is COCc1cc(OC)c(C2(C(=O)O)CC2)c(OC)c1. The van der Waals surface area contributed by atoms with E-state index in [2.05, 4.69) is 0 Å². The van der Waals surface area contributed by atoms with E-state index in [1.165, 1.54) is 14.2 Å². The second-order valence-corrected chi connectivity index (χ2v) is 4.70. The topological polar surface area (TPSA) is 65.0 Å². The lowest BCUT2D eigenvalue weighted by Gasteiger charge is -2.19. The van der Waals surface area contributed by atoms with E-state index in [1.54, 1.807) is 7.11 Å². The van der Waals surface area contributed by atoms with Gasteiger partial charge in [-0.15, -0.1) is 0 Å². The normalized spacial score (nSPS) is 15.9. The van der Waals surface area contributed by atoms with Crippen LogP contribution in [0.3, 0.4) is 0 Å². The summed E-state index contributed by atoms with van der Waals surface area (Å²) < 4.78 is 15.8. The van der Waals surface area contributed by atoms with E-state index < -0.39 is 11.4 Å². The molecule has 1 N–H and O–H groups in total. The van der Waals surface area contributed by atoms with Gasteiger partial charge in [-0.05, 0) is 30.5 Å². The molecular weight excluding hydrogens is 248 g/mol. The zero-order valence-electron chi connectivity index (χ0n) is 11.4. The molecule has 0 heterocycles. The largest absolute Gasteiger partial charge is 0.496 e. The summed E-state index contributed by atoms with van der Waals surface area (Å²) in [6.45, 7) is 0.424. The van der Waals surface area contributed by atoms with Gasteiger partial charge in [0.1, 0.15) is 16.9 Å². The highest BCUT2D eigenvalue weighted by molar-refractivity contribution is 5.87. The van der Waals surface area contributed by atoms with Crippen LogP contribution in [0.15, 0.2) is 12.1 Å². The molecule has 0 radical (unpaired) electrons. The van der Waals surface area contributed by atoms with Crippen LogP contribution >= 0.6 is 0 Å². The van der Waals surface area contributed by atoms with Crippen LogP contribution in [0, 0.1) is 0 Å². The first-order chi connectivity index (χ1) is 9.08. The minimum atomic E-state index is -0.859. The second kappa shape index (κ2) is 5.09. The molecule has 104 valence electrons. The lowest BCUT2D eigenvalue weighted by molar-refractivity contribution is -0.140.